The van der Waals surface area contributed by atoms with Crippen LogP contribution in [0.4, 0.5) is 8.78 Å². The summed E-state index contributed by atoms with van der Waals surface area (Å²) in [4.78, 5) is 66.8. The number of benzene rings is 7. The molecule has 16 nitrogen and oxygen atoms in total. The fourth-order valence-corrected chi connectivity index (χ4v) is 8.87. The number of aliphatic hydroxyl groups excluding tert-OH is 1. The summed E-state index contributed by atoms with van der Waals surface area (Å²) in [6.07, 6.45) is 3.91. The molecule has 0 radical (unpaired) electrons. The number of alkyl halides is 1. The first-order valence-electron chi connectivity index (χ1n) is 26.1. The monoisotopic (exact) mass is 1700 g/mol. The topological polar surface area (TPSA) is 268 Å². The zero-order valence-corrected chi connectivity index (χ0v) is 61.4. The van der Waals surface area contributed by atoms with Crippen molar-refractivity contribution >= 4 is 154 Å². The summed E-state index contributed by atoms with van der Waals surface area (Å²) in [5.74, 6) is -2.39. The number of carboxylic acid groups (broad SMARTS) is 2. The molecule has 0 aliphatic rings. The molecule has 4 heterocycles. The Bertz CT molecular complexity index is 3680. The zero-order valence-electron chi connectivity index (χ0n) is 48.9. The van der Waals surface area contributed by atoms with Crippen LogP contribution >= 0.6 is 86.1 Å². The van der Waals surface area contributed by atoms with Crippen LogP contribution in [-0.4, -0.2) is 66.2 Å². The van der Waals surface area contributed by atoms with E-state index in [0.29, 0.717) is 22.3 Å². The van der Waals surface area contributed by atoms with Crippen LogP contribution < -0.4 is 4.89 Å². The Morgan fingerprint density at radius 2 is 0.800 bits per heavy atom. The molecule has 1 atom stereocenters. The van der Waals surface area contributed by atoms with Gasteiger partial charge in [0, 0.05) is 88.0 Å². The number of aromatic carboxylic acids is 2. The molecule has 0 saturated carbocycles. The average molecular weight is 1700 g/mol. The summed E-state index contributed by atoms with van der Waals surface area (Å²) >= 11 is 7.65. The molecule has 11 aromatic rings. The molecule has 0 saturated heterocycles. The van der Waals surface area contributed by atoms with Crippen molar-refractivity contribution in [3.63, 3.8) is 0 Å². The van der Waals surface area contributed by atoms with Gasteiger partial charge in [-0.15, -0.1) is 21.5 Å². The Kier molecular flexibility index (Phi) is 43.3. The van der Waals surface area contributed by atoms with Gasteiger partial charge in [-0.05, 0) is 136 Å². The van der Waals surface area contributed by atoms with Crippen molar-refractivity contribution < 1.29 is 90.7 Å². The number of esters is 2. The molecule has 476 valence electrons. The molecule has 11 rings (SSSR count). The maximum absolute atomic E-state index is 12.2. The number of hydrogen-bond donors (Lipinski definition) is 7. The second-order valence-corrected chi connectivity index (χ2v) is 21.0. The van der Waals surface area contributed by atoms with Crippen LogP contribution in [0, 0.1) is 41.0 Å². The molecule has 0 aliphatic carbocycles. The molecule has 0 aliphatic heterocycles. The first-order chi connectivity index (χ1) is 42.4. The van der Waals surface area contributed by atoms with E-state index in [2.05, 4.69) is 107 Å². The van der Waals surface area contributed by atoms with E-state index in [4.69, 9.17) is 36.9 Å². The number of H-pyrrole nitrogens is 4. The zero-order chi connectivity index (χ0) is 65.7. The molecular formula is C66H68Br2CdF2I2N4O12P-3. The summed E-state index contributed by atoms with van der Waals surface area (Å²) < 4.78 is 51.2. The normalized spacial score (nSPS) is 9.68. The van der Waals surface area contributed by atoms with Crippen LogP contribution in [0.25, 0.3) is 43.6 Å². The van der Waals surface area contributed by atoms with Crippen molar-refractivity contribution in [1.29, 1.82) is 0 Å². The van der Waals surface area contributed by atoms with Crippen LogP contribution in [0.1, 0.15) is 90.5 Å². The quantitative estimate of drug-likeness (QED) is 0.0168. The van der Waals surface area contributed by atoms with Crippen molar-refractivity contribution in [2.75, 3.05) is 7.11 Å². The third-order valence-electron chi connectivity index (χ3n) is 11.4. The van der Waals surface area contributed by atoms with E-state index < -0.39 is 26.1 Å². The van der Waals surface area contributed by atoms with Crippen molar-refractivity contribution in [3.05, 3.63) is 266 Å². The van der Waals surface area contributed by atoms with Gasteiger partial charge in [0.1, 0.15) is 13.2 Å². The first-order valence-corrected chi connectivity index (χ1v) is 32.2. The van der Waals surface area contributed by atoms with E-state index in [0.717, 1.165) is 85.4 Å². The maximum atomic E-state index is 12.2. The van der Waals surface area contributed by atoms with Gasteiger partial charge in [-0.25, -0.2) is 19.2 Å². The summed E-state index contributed by atoms with van der Waals surface area (Å²) in [6, 6.07) is 52.9. The Morgan fingerprint density at radius 3 is 1.09 bits per heavy atom. The fourth-order valence-electron chi connectivity index (χ4n) is 7.52. The van der Waals surface area contributed by atoms with Gasteiger partial charge >= 0.3 is 52.3 Å². The van der Waals surface area contributed by atoms with Crippen LogP contribution in [0.5, 0.6) is 0 Å². The Morgan fingerprint density at radius 1 is 0.533 bits per heavy atom. The van der Waals surface area contributed by atoms with E-state index in [1.807, 2.05) is 166 Å². The number of aromatic nitrogens is 4. The Balaban J connectivity index is 0.00000106. The van der Waals surface area contributed by atoms with E-state index >= 15 is 0 Å². The van der Waals surface area contributed by atoms with Crippen molar-refractivity contribution in [1.82, 2.24) is 19.9 Å². The summed E-state index contributed by atoms with van der Waals surface area (Å²) in [6.45, 7) is 14.5. The Hall–Kier alpha value is -6.40. The number of fused-ring (bicyclic) bond motifs is 4. The van der Waals surface area contributed by atoms with Crippen molar-refractivity contribution in [2.24, 2.45) is 0 Å². The second-order valence-electron chi connectivity index (χ2n) is 17.1. The van der Waals surface area contributed by atoms with Crippen LogP contribution in [0.15, 0.2) is 189 Å². The molecule has 0 spiro atoms. The number of aromatic amines is 4. The predicted octanol–water partition coefficient (Wildman–Crippen LogP) is 18.0. The van der Waals surface area contributed by atoms with Crippen LogP contribution in [0.2, 0.25) is 0 Å². The van der Waals surface area contributed by atoms with Crippen molar-refractivity contribution in [3.8, 4) is 0 Å². The summed E-state index contributed by atoms with van der Waals surface area (Å²) in [7, 11) is -2.58. The minimum atomic E-state index is -3.58. The molecule has 4 aromatic heterocycles. The number of hydrogen-bond acceptors (Lipinski definition) is 10. The minimum absolute atomic E-state index is 0. The second kappa shape index (κ2) is 46.6. The number of aliphatic hydroxyl groups is 1. The number of carbonyl (C=O) groups is 4. The summed E-state index contributed by atoms with van der Waals surface area (Å²) in [5.41, 5.74) is 10.9. The molecular weight excluding hydrogens is 1640 g/mol. The number of ether oxygens (including phenoxy) is 2. The number of carbonyl (C=O) groups excluding carboxylic acids is 2. The van der Waals surface area contributed by atoms with Gasteiger partial charge in [0.2, 0.25) is 14.2 Å². The molecule has 0 fully saturated rings. The predicted molar refractivity (Wildman–Crippen MR) is 373 cm³/mol. The third kappa shape index (κ3) is 28.0. The van der Waals surface area contributed by atoms with Gasteiger partial charge in [-0.2, -0.15) is 13.8 Å². The molecule has 90 heavy (non-hydrogen) atoms. The number of carboxylic acids is 2. The molecule has 0 bridgehead atoms. The van der Waals surface area contributed by atoms with Gasteiger partial charge < -0.3 is 72.3 Å². The standard InChI is InChI=1S/C17H15NO2.C16H12INO2.C10H9NO2.C9H6INO2.C7H7Br.2C2H5.CF2O2P.CH4O.CH4.BrH.Cd.O/c1-12-7-8-16-14(9-12)15(10-18-16)17(19)20-11-13-5-3-2-4-6-13;17-12-6-7-15-13(8-12)14(9-18-15)16(19)20-10-11-4-2-1-3-5-11;1-6-2-3-9-7(4-6)8(5-11-9)10(12)13;10-5-1-2-8-6(3-5)7(4-11-8)9(12)13;8-6-7-4-2-1-3-5-7;2*1-2;2-1(3)6(4)5;1-2;;;;/h2-10,18H,11H2,1H3;1-9,18H,10H2;2-5,11H,1H3,(H,12,13);1-4,11H,(H,12,13);1-5H,6H2;2*1H2,2H3;;2H,1H3;1H4;1H;;/q;;;;;3*-1;;;;;. The van der Waals surface area contributed by atoms with Gasteiger partial charge in [0.25, 0.3) is 0 Å². The average Bonchev–Trinajstić information content (AvgIpc) is 2.05. The van der Waals surface area contributed by atoms with E-state index in [9.17, 15) is 28.0 Å². The van der Waals surface area contributed by atoms with E-state index in [-0.39, 0.29) is 75.3 Å². The first kappa shape index (κ1) is 83.6. The molecule has 1 unspecified atom stereocenters. The van der Waals surface area contributed by atoms with Gasteiger partial charge in [0.05, 0.1) is 22.3 Å². The molecule has 7 aromatic carbocycles. The molecule has 24 heteroatoms. The molecule has 0 amide bonds. The number of nitrogens with one attached hydrogen (secondary N) is 4. The number of rotatable bonds is 10. The summed E-state index contributed by atoms with van der Waals surface area (Å²) in [5, 5.41) is 29.0. The molecule has 7 N–H and O–H groups in total. The van der Waals surface area contributed by atoms with E-state index in [1.165, 1.54) is 18.0 Å². The Labute approximate surface area is 585 Å². The number of halogens is 6. The fraction of sp³-hybridized carbons (Fsp3) is 0.136. The van der Waals surface area contributed by atoms with E-state index in [1.54, 1.807) is 26.2 Å². The third-order valence-corrected chi connectivity index (χ3v) is 13.7. The number of aryl methyl sites for hydroxylation is 2. The van der Waals surface area contributed by atoms with Crippen LogP contribution in [0.3, 0.4) is 0 Å². The van der Waals surface area contributed by atoms with Crippen molar-refractivity contribution in [2.45, 2.75) is 53.7 Å². The van der Waals surface area contributed by atoms with Gasteiger partial charge in [-0.3, -0.25) is 0 Å². The van der Waals surface area contributed by atoms with Gasteiger partial charge in [0.15, 0.2) is 0 Å². The van der Waals surface area contributed by atoms with Crippen LogP contribution in [-0.2, 0) is 61.0 Å². The SMILES string of the molecule is Br.BrCc1ccccc1.C.CO.Cc1ccc2[nH]cc(C(=O)O)c2c1.Cc1ccc2[nH]cc(C(=O)OCc3ccccc3)c2c1.O=C(O)c1c[nH]c2ccc(I)cc12.O=C(OCc1ccccc1)c1c[nH]c2ccc(I)cc12.O=[P+]([O-])[C-](F)F.[CH2-]C.[CH2-]C.[O]=[Cd]. The van der Waals surface area contributed by atoms with Gasteiger partial charge in [-0.1, -0.05) is 138 Å².